The van der Waals surface area contributed by atoms with Crippen LogP contribution < -0.4 is 10.6 Å². The van der Waals surface area contributed by atoms with Gasteiger partial charge >= 0.3 is 0 Å². The van der Waals surface area contributed by atoms with E-state index in [-0.39, 0.29) is 24.2 Å². The second-order valence-electron chi connectivity index (χ2n) is 6.73. The van der Waals surface area contributed by atoms with Gasteiger partial charge in [0.15, 0.2) is 0 Å². The lowest BCUT2D eigenvalue weighted by atomic mass is 9.97. The zero-order valence-electron chi connectivity index (χ0n) is 13.9. The third-order valence-electron chi connectivity index (χ3n) is 4.26. The molecular formula is C18H26N2O3. The predicted octanol–water partition coefficient (Wildman–Crippen LogP) is 2.59. The van der Waals surface area contributed by atoms with E-state index in [2.05, 4.69) is 10.6 Å². The largest absolute Gasteiger partial charge is 0.389 e. The SMILES string of the molecule is CC(C)C(=O)Nc1ccc(CNC(=O)CC2(O)CCCC2)cc1. The second kappa shape index (κ2) is 7.59. The van der Waals surface area contributed by atoms with Crippen LogP contribution in [0.2, 0.25) is 0 Å². The van der Waals surface area contributed by atoms with E-state index in [0.29, 0.717) is 19.4 Å². The molecule has 23 heavy (non-hydrogen) atoms. The van der Waals surface area contributed by atoms with Crippen LogP contribution in [0.1, 0.15) is 51.5 Å². The Bertz CT molecular complexity index is 546. The molecule has 0 saturated heterocycles. The molecule has 3 N–H and O–H groups in total. The quantitative estimate of drug-likeness (QED) is 0.754. The van der Waals surface area contributed by atoms with Crippen LogP contribution in [-0.4, -0.2) is 22.5 Å². The van der Waals surface area contributed by atoms with Crippen LogP contribution in [0.4, 0.5) is 5.69 Å². The van der Waals surface area contributed by atoms with Crippen LogP contribution in [0.5, 0.6) is 0 Å². The van der Waals surface area contributed by atoms with Gasteiger partial charge in [0, 0.05) is 18.2 Å². The average molecular weight is 318 g/mol. The Morgan fingerprint density at radius 2 is 1.78 bits per heavy atom. The van der Waals surface area contributed by atoms with Crippen LogP contribution in [0, 0.1) is 5.92 Å². The highest BCUT2D eigenvalue weighted by atomic mass is 16.3. The van der Waals surface area contributed by atoms with E-state index in [4.69, 9.17) is 0 Å². The molecule has 0 unspecified atom stereocenters. The number of anilines is 1. The summed E-state index contributed by atoms with van der Waals surface area (Å²) in [6, 6.07) is 7.40. The number of benzene rings is 1. The first kappa shape index (κ1) is 17.5. The van der Waals surface area contributed by atoms with Gasteiger partial charge in [-0.2, -0.15) is 0 Å². The Balaban J connectivity index is 1.79. The topological polar surface area (TPSA) is 78.4 Å². The number of hydrogen-bond acceptors (Lipinski definition) is 3. The molecule has 5 nitrogen and oxygen atoms in total. The number of rotatable bonds is 6. The van der Waals surface area contributed by atoms with E-state index in [1.54, 1.807) is 0 Å². The molecule has 2 rings (SSSR count). The highest BCUT2D eigenvalue weighted by Crippen LogP contribution is 2.32. The Morgan fingerprint density at radius 3 is 2.35 bits per heavy atom. The monoisotopic (exact) mass is 318 g/mol. The second-order valence-corrected chi connectivity index (χ2v) is 6.73. The fraction of sp³-hybridized carbons (Fsp3) is 0.556. The van der Waals surface area contributed by atoms with E-state index in [0.717, 1.165) is 24.1 Å². The molecule has 0 aromatic heterocycles. The normalized spacial score (nSPS) is 16.3. The molecule has 1 saturated carbocycles. The van der Waals surface area contributed by atoms with Gasteiger partial charge in [0.2, 0.25) is 11.8 Å². The van der Waals surface area contributed by atoms with Crippen LogP contribution >= 0.6 is 0 Å². The van der Waals surface area contributed by atoms with Gasteiger partial charge in [-0.15, -0.1) is 0 Å². The van der Waals surface area contributed by atoms with Crippen molar-refractivity contribution in [2.75, 3.05) is 5.32 Å². The summed E-state index contributed by atoms with van der Waals surface area (Å²) in [5, 5.41) is 15.9. The molecule has 126 valence electrons. The minimum Gasteiger partial charge on any atom is -0.389 e. The number of hydrogen-bond donors (Lipinski definition) is 3. The molecule has 1 aliphatic rings. The number of carbonyl (C=O) groups excluding carboxylic acids is 2. The third kappa shape index (κ3) is 5.36. The summed E-state index contributed by atoms with van der Waals surface area (Å²) < 4.78 is 0. The first-order chi connectivity index (χ1) is 10.9. The molecule has 1 aromatic rings. The molecule has 0 bridgehead atoms. The van der Waals surface area contributed by atoms with Gasteiger partial charge in [0.1, 0.15) is 0 Å². The molecule has 5 heteroatoms. The Morgan fingerprint density at radius 1 is 1.17 bits per heavy atom. The first-order valence-corrected chi connectivity index (χ1v) is 8.27. The highest BCUT2D eigenvalue weighted by molar-refractivity contribution is 5.92. The fourth-order valence-corrected chi connectivity index (χ4v) is 2.76. The standard InChI is InChI=1S/C18H26N2O3/c1-13(2)17(22)20-15-7-5-14(6-8-15)12-19-16(21)11-18(23)9-3-4-10-18/h5-8,13,23H,3-4,9-12H2,1-2H3,(H,19,21)(H,20,22). The third-order valence-corrected chi connectivity index (χ3v) is 4.26. The van der Waals surface area contributed by atoms with Crippen molar-refractivity contribution in [1.82, 2.24) is 5.32 Å². The average Bonchev–Trinajstić information content (AvgIpc) is 2.92. The molecule has 1 fully saturated rings. The Labute approximate surface area is 137 Å². The van der Waals surface area contributed by atoms with Crippen molar-refractivity contribution in [3.05, 3.63) is 29.8 Å². The molecule has 1 aliphatic carbocycles. The van der Waals surface area contributed by atoms with E-state index in [9.17, 15) is 14.7 Å². The van der Waals surface area contributed by atoms with Crippen LogP contribution in [0.25, 0.3) is 0 Å². The van der Waals surface area contributed by atoms with Crippen molar-refractivity contribution in [1.29, 1.82) is 0 Å². The lowest BCUT2D eigenvalue weighted by molar-refractivity contribution is -0.126. The van der Waals surface area contributed by atoms with E-state index < -0.39 is 5.60 Å². The number of nitrogens with one attached hydrogen (secondary N) is 2. The number of amides is 2. The van der Waals surface area contributed by atoms with Crippen molar-refractivity contribution in [3.63, 3.8) is 0 Å². The van der Waals surface area contributed by atoms with Crippen molar-refractivity contribution < 1.29 is 14.7 Å². The minimum absolute atomic E-state index is 0.0177. The van der Waals surface area contributed by atoms with Gasteiger partial charge in [0.05, 0.1) is 12.0 Å². The maximum Gasteiger partial charge on any atom is 0.226 e. The highest BCUT2D eigenvalue weighted by Gasteiger charge is 2.33. The molecule has 0 aliphatic heterocycles. The molecule has 0 spiro atoms. The summed E-state index contributed by atoms with van der Waals surface area (Å²) >= 11 is 0. The summed E-state index contributed by atoms with van der Waals surface area (Å²) in [5.41, 5.74) is 0.896. The molecule has 2 amide bonds. The molecule has 0 radical (unpaired) electrons. The molecular weight excluding hydrogens is 292 g/mol. The van der Waals surface area contributed by atoms with Crippen molar-refractivity contribution >= 4 is 17.5 Å². The lowest BCUT2D eigenvalue weighted by Gasteiger charge is -2.21. The maximum atomic E-state index is 11.9. The van der Waals surface area contributed by atoms with Crippen LogP contribution in [0.3, 0.4) is 0 Å². The minimum atomic E-state index is -0.810. The Hall–Kier alpha value is -1.88. The smallest absolute Gasteiger partial charge is 0.226 e. The molecule has 0 atom stereocenters. The zero-order valence-corrected chi connectivity index (χ0v) is 13.9. The van der Waals surface area contributed by atoms with Gasteiger partial charge in [-0.25, -0.2) is 0 Å². The van der Waals surface area contributed by atoms with E-state index >= 15 is 0 Å². The van der Waals surface area contributed by atoms with Crippen LogP contribution in [-0.2, 0) is 16.1 Å². The summed E-state index contributed by atoms with van der Waals surface area (Å²) in [4.78, 5) is 23.6. The van der Waals surface area contributed by atoms with Crippen molar-refractivity contribution in [2.45, 2.75) is 58.1 Å². The van der Waals surface area contributed by atoms with Crippen molar-refractivity contribution in [3.8, 4) is 0 Å². The lowest BCUT2D eigenvalue weighted by Crippen LogP contribution is -2.34. The Kier molecular flexibility index (Phi) is 5.77. The fourth-order valence-electron chi connectivity index (χ4n) is 2.76. The summed E-state index contributed by atoms with van der Waals surface area (Å²) in [7, 11) is 0. The number of carbonyl (C=O) groups is 2. The zero-order chi connectivity index (χ0) is 16.9. The van der Waals surface area contributed by atoms with E-state index in [1.165, 1.54) is 0 Å². The van der Waals surface area contributed by atoms with E-state index in [1.807, 2.05) is 38.1 Å². The summed E-state index contributed by atoms with van der Waals surface area (Å²) in [6.07, 6.45) is 3.59. The van der Waals surface area contributed by atoms with Crippen molar-refractivity contribution in [2.24, 2.45) is 5.92 Å². The van der Waals surface area contributed by atoms with Gasteiger partial charge in [-0.1, -0.05) is 38.8 Å². The van der Waals surface area contributed by atoms with Gasteiger partial charge in [-0.3, -0.25) is 9.59 Å². The molecule has 0 heterocycles. The van der Waals surface area contributed by atoms with Gasteiger partial charge in [-0.05, 0) is 30.5 Å². The predicted molar refractivity (Wildman–Crippen MR) is 89.8 cm³/mol. The number of aliphatic hydroxyl groups is 1. The van der Waals surface area contributed by atoms with Gasteiger partial charge in [0.25, 0.3) is 0 Å². The molecule has 1 aromatic carbocycles. The van der Waals surface area contributed by atoms with Crippen LogP contribution in [0.15, 0.2) is 24.3 Å². The summed E-state index contributed by atoms with van der Waals surface area (Å²) in [5.74, 6) is -0.196. The maximum absolute atomic E-state index is 11.9. The van der Waals surface area contributed by atoms with Gasteiger partial charge < -0.3 is 15.7 Å². The first-order valence-electron chi connectivity index (χ1n) is 8.27. The summed E-state index contributed by atoms with van der Waals surface area (Å²) in [6.45, 7) is 4.11.